The van der Waals surface area contributed by atoms with Gasteiger partial charge in [-0.2, -0.15) is 0 Å². The summed E-state index contributed by atoms with van der Waals surface area (Å²) < 4.78 is 15.1. The summed E-state index contributed by atoms with van der Waals surface area (Å²) >= 11 is 0. The average molecular weight is 316 g/mol. The lowest BCUT2D eigenvalue weighted by Gasteiger charge is -1.99. The first kappa shape index (κ1) is 16.2. The van der Waals surface area contributed by atoms with Crippen molar-refractivity contribution in [1.29, 1.82) is 0 Å². The summed E-state index contributed by atoms with van der Waals surface area (Å²) in [5, 5.41) is 3.70. The number of hydrogen-bond donors (Lipinski definition) is 2. The van der Waals surface area contributed by atoms with Crippen LogP contribution in [0.4, 0.5) is 5.69 Å². The molecular weight excluding hydrogens is 300 g/mol. The molecule has 0 radical (unpaired) electrons. The Hall–Kier alpha value is -3.22. The number of carbonyl (C=O) groups is 2. The number of hydrogen-bond acceptors (Lipinski definition) is 6. The van der Waals surface area contributed by atoms with Gasteiger partial charge in [-0.1, -0.05) is 0 Å². The van der Waals surface area contributed by atoms with E-state index in [1.54, 1.807) is 38.4 Å². The maximum Gasteiger partial charge on any atom is 0.286 e. The van der Waals surface area contributed by atoms with Crippen LogP contribution in [0.3, 0.4) is 0 Å². The minimum atomic E-state index is -0.598. The van der Waals surface area contributed by atoms with E-state index in [0.717, 1.165) is 5.39 Å². The summed E-state index contributed by atoms with van der Waals surface area (Å²) in [4.78, 5) is 20.9. The largest absolute Gasteiger partial charge is 0.497 e. The Morgan fingerprint density at radius 3 is 2.61 bits per heavy atom. The first-order chi connectivity index (χ1) is 11.1. The number of fused-ring (bicyclic) bond motifs is 1. The van der Waals surface area contributed by atoms with E-state index >= 15 is 0 Å². The zero-order valence-electron chi connectivity index (χ0n) is 12.7. The smallest absolute Gasteiger partial charge is 0.286 e. The zero-order chi connectivity index (χ0) is 16.8. The standard InChI is InChI=1S/C11H12N2O3.C5H4O2/c1-13-9-7-4-3-6(15-2)5-8(7)16-10(9)11(12)14;6-4-5-2-1-3-7-5/h3-5,13H,1-2H3,(H2,12,14);1-4H. The van der Waals surface area contributed by atoms with Gasteiger partial charge in [0.1, 0.15) is 11.3 Å². The number of anilines is 1. The molecule has 0 aliphatic carbocycles. The molecule has 0 aliphatic heterocycles. The molecule has 23 heavy (non-hydrogen) atoms. The van der Waals surface area contributed by atoms with Crippen molar-refractivity contribution >= 4 is 28.8 Å². The fourth-order valence-corrected chi connectivity index (χ4v) is 1.98. The highest BCUT2D eigenvalue weighted by atomic mass is 16.5. The molecule has 3 rings (SSSR count). The predicted octanol–water partition coefficient (Wildman–Crippen LogP) is 2.67. The summed E-state index contributed by atoms with van der Waals surface area (Å²) in [5.41, 5.74) is 6.39. The predicted molar refractivity (Wildman–Crippen MR) is 84.9 cm³/mol. The van der Waals surface area contributed by atoms with Crippen LogP contribution in [0.15, 0.2) is 45.4 Å². The normalized spacial score (nSPS) is 9.83. The number of aldehydes is 1. The number of rotatable bonds is 4. The van der Waals surface area contributed by atoms with E-state index in [4.69, 9.17) is 14.9 Å². The molecule has 1 aromatic carbocycles. The Bertz CT molecular complexity index is 805. The highest BCUT2D eigenvalue weighted by Crippen LogP contribution is 2.32. The van der Waals surface area contributed by atoms with Crippen LogP contribution >= 0.6 is 0 Å². The fraction of sp³-hybridized carbons (Fsp3) is 0.125. The molecule has 2 aromatic heterocycles. The molecule has 0 saturated heterocycles. The van der Waals surface area contributed by atoms with E-state index in [0.29, 0.717) is 29.1 Å². The quantitative estimate of drug-likeness (QED) is 0.716. The van der Waals surface area contributed by atoms with Gasteiger partial charge >= 0.3 is 0 Å². The molecule has 0 aliphatic rings. The van der Waals surface area contributed by atoms with Crippen LogP contribution in [0, 0.1) is 0 Å². The Balaban J connectivity index is 0.000000229. The minimum Gasteiger partial charge on any atom is -0.497 e. The number of ether oxygens (including phenoxy) is 1. The van der Waals surface area contributed by atoms with Gasteiger partial charge in [0.25, 0.3) is 5.91 Å². The molecule has 7 nitrogen and oxygen atoms in total. The van der Waals surface area contributed by atoms with Gasteiger partial charge in [-0.25, -0.2) is 0 Å². The lowest BCUT2D eigenvalue weighted by molar-refractivity contribution is 0.0976. The second-order valence-corrected chi connectivity index (χ2v) is 4.42. The molecule has 0 unspecified atom stereocenters. The second kappa shape index (κ2) is 7.17. The van der Waals surface area contributed by atoms with Crippen molar-refractivity contribution in [3.05, 3.63) is 48.1 Å². The topological polar surface area (TPSA) is 108 Å². The summed E-state index contributed by atoms with van der Waals surface area (Å²) in [6, 6.07) is 8.60. The highest BCUT2D eigenvalue weighted by molar-refractivity contribution is 6.05. The van der Waals surface area contributed by atoms with Crippen LogP contribution in [0.25, 0.3) is 11.0 Å². The molecule has 3 aromatic rings. The van der Waals surface area contributed by atoms with Gasteiger partial charge in [0.2, 0.25) is 5.76 Å². The molecular formula is C16H16N2O5. The molecule has 0 atom stereocenters. The van der Waals surface area contributed by atoms with Gasteiger partial charge in [-0.3, -0.25) is 9.59 Å². The first-order valence-corrected chi connectivity index (χ1v) is 6.67. The van der Waals surface area contributed by atoms with E-state index in [1.165, 1.54) is 6.26 Å². The number of primary amides is 1. The number of carbonyl (C=O) groups excluding carboxylic acids is 2. The molecule has 2 heterocycles. The monoisotopic (exact) mass is 316 g/mol. The summed E-state index contributed by atoms with van der Waals surface area (Å²) in [6.45, 7) is 0. The number of benzene rings is 1. The van der Waals surface area contributed by atoms with Crippen LogP contribution in [0.1, 0.15) is 21.1 Å². The molecule has 1 amide bonds. The van der Waals surface area contributed by atoms with Crippen LogP contribution in [0.5, 0.6) is 5.75 Å². The van der Waals surface area contributed by atoms with Crippen LogP contribution < -0.4 is 15.8 Å². The highest BCUT2D eigenvalue weighted by Gasteiger charge is 2.17. The number of nitrogens with one attached hydrogen (secondary N) is 1. The van der Waals surface area contributed by atoms with Crippen molar-refractivity contribution in [2.45, 2.75) is 0 Å². The van der Waals surface area contributed by atoms with E-state index in [9.17, 15) is 9.59 Å². The number of nitrogens with two attached hydrogens (primary N) is 1. The van der Waals surface area contributed by atoms with Crippen LogP contribution in [-0.4, -0.2) is 26.4 Å². The van der Waals surface area contributed by atoms with Crippen molar-refractivity contribution in [2.24, 2.45) is 5.73 Å². The van der Waals surface area contributed by atoms with Gasteiger partial charge in [0.15, 0.2) is 12.0 Å². The Morgan fingerprint density at radius 2 is 2.13 bits per heavy atom. The Kier molecular flexibility index (Phi) is 5.03. The Morgan fingerprint density at radius 1 is 1.35 bits per heavy atom. The molecule has 0 fully saturated rings. The van der Waals surface area contributed by atoms with Crippen molar-refractivity contribution in [3.8, 4) is 5.75 Å². The van der Waals surface area contributed by atoms with Crippen LogP contribution in [0.2, 0.25) is 0 Å². The third kappa shape index (κ3) is 3.52. The van der Waals surface area contributed by atoms with Gasteiger partial charge < -0.3 is 24.6 Å². The van der Waals surface area contributed by atoms with Crippen molar-refractivity contribution in [2.75, 3.05) is 19.5 Å². The van der Waals surface area contributed by atoms with Gasteiger partial charge in [0, 0.05) is 18.5 Å². The van der Waals surface area contributed by atoms with Gasteiger partial charge in [-0.15, -0.1) is 0 Å². The molecule has 0 saturated carbocycles. The minimum absolute atomic E-state index is 0.130. The van der Waals surface area contributed by atoms with E-state index in [2.05, 4.69) is 9.73 Å². The lowest BCUT2D eigenvalue weighted by Crippen LogP contribution is -2.11. The third-order valence-corrected chi connectivity index (χ3v) is 3.03. The number of methoxy groups -OCH3 is 1. The van der Waals surface area contributed by atoms with Crippen molar-refractivity contribution in [3.63, 3.8) is 0 Å². The van der Waals surface area contributed by atoms with Crippen LogP contribution in [-0.2, 0) is 0 Å². The van der Waals surface area contributed by atoms with E-state index in [-0.39, 0.29) is 5.76 Å². The first-order valence-electron chi connectivity index (χ1n) is 6.67. The maximum absolute atomic E-state index is 11.2. The summed E-state index contributed by atoms with van der Waals surface area (Å²) in [5.74, 6) is 0.574. The molecule has 7 heteroatoms. The third-order valence-electron chi connectivity index (χ3n) is 3.03. The van der Waals surface area contributed by atoms with Gasteiger partial charge in [0.05, 0.1) is 19.1 Å². The molecule has 0 spiro atoms. The lowest BCUT2D eigenvalue weighted by atomic mass is 10.2. The van der Waals surface area contributed by atoms with Crippen molar-refractivity contribution < 1.29 is 23.2 Å². The van der Waals surface area contributed by atoms with Crippen molar-refractivity contribution in [1.82, 2.24) is 0 Å². The SMILES string of the molecule is CNc1c(C(N)=O)oc2cc(OC)ccc12.O=Cc1ccco1. The zero-order valence-corrected chi connectivity index (χ0v) is 12.7. The summed E-state index contributed by atoms with van der Waals surface area (Å²) in [6.07, 6.45) is 2.13. The number of furan rings is 2. The van der Waals surface area contributed by atoms with E-state index < -0.39 is 5.91 Å². The molecule has 120 valence electrons. The maximum atomic E-state index is 11.2. The summed E-state index contributed by atoms with van der Waals surface area (Å²) in [7, 11) is 3.28. The molecule has 3 N–H and O–H groups in total. The van der Waals surface area contributed by atoms with E-state index in [1.807, 2.05) is 6.07 Å². The average Bonchev–Trinajstić information content (AvgIpc) is 3.21. The Labute approximate surface area is 132 Å². The molecule has 0 bridgehead atoms. The van der Waals surface area contributed by atoms with Gasteiger partial charge in [-0.05, 0) is 24.3 Å². The number of amides is 1. The fourth-order valence-electron chi connectivity index (χ4n) is 1.98. The second-order valence-electron chi connectivity index (χ2n) is 4.42.